The minimum atomic E-state index is -1.25. The van der Waals surface area contributed by atoms with Crippen molar-refractivity contribution in [2.45, 2.75) is 12.5 Å². The van der Waals surface area contributed by atoms with E-state index in [-0.39, 0.29) is 22.3 Å². The summed E-state index contributed by atoms with van der Waals surface area (Å²) in [6.45, 7) is 1.07. The standard InChI is InChI=1S/C11H12ClN3O4/c12-9-4-7(15(18)19)3-8(11(16)17)10(9)14-2-1-6(13)5-14/h3-4,6H,1-2,5,13H2,(H,16,17). The maximum absolute atomic E-state index is 11.2. The number of halogens is 1. The second kappa shape index (κ2) is 5.02. The zero-order valence-electron chi connectivity index (χ0n) is 9.88. The quantitative estimate of drug-likeness (QED) is 0.643. The predicted molar refractivity (Wildman–Crippen MR) is 69.9 cm³/mol. The van der Waals surface area contributed by atoms with Crippen molar-refractivity contribution < 1.29 is 14.8 Å². The largest absolute Gasteiger partial charge is 0.478 e. The molecule has 19 heavy (non-hydrogen) atoms. The molecule has 8 heteroatoms. The van der Waals surface area contributed by atoms with Crippen LogP contribution in [-0.4, -0.2) is 35.1 Å². The van der Waals surface area contributed by atoms with Gasteiger partial charge in [0.25, 0.3) is 5.69 Å². The van der Waals surface area contributed by atoms with Crippen molar-refractivity contribution in [2.24, 2.45) is 5.73 Å². The molecule has 0 aliphatic carbocycles. The van der Waals surface area contributed by atoms with E-state index in [2.05, 4.69) is 0 Å². The normalized spacial score (nSPS) is 18.6. The summed E-state index contributed by atoms with van der Waals surface area (Å²) < 4.78 is 0. The van der Waals surface area contributed by atoms with Gasteiger partial charge >= 0.3 is 5.97 Å². The summed E-state index contributed by atoms with van der Waals surface area (Å²) in [5, 5.41) is 20.0. The fourth-order valence-corrected chi connectivity index (χ4v) is 2.50. The number of rotatable bonds is 3. The number of carbonyl (C=O) groups is 1. The van der Waals surface area contributed by atoms with Crippen LogP contribution in [0.15, 0.2) is 12.1 Å². The maximum atomic E-state index is 11.2. The van der Waals surface area contributed by atoms with E-state index in [0.717, 1.165) is 18.6 Å². The number of hydrogen-bond donors (Lipinski definition) is 2. The molecule has 0 radical (unpaired) electrons. The summed E-state index contributed by atoms with van der Waals surface area (Å²) in [6.07, 6.45) is 0.729. The number of anilines is 1. The molecule has 1 atom stereocenters. The molecule has 1 aliphatic rings. The molecule has 1 fully saturated rings. The van der Waals surface area contributed by atoms with Crippen LogP contribution in [0.2, 0.25) is 5.02 Å². The fourth-order valence-electron chi connectivity index (χ4n) is 2.16. The molecule has 3 N–H and O–H groups in total. The Morgan fingerprint density at radius 3 is 2.74 bits per heavy atom. The molecule has 2 rings (SSSR count). The second-order valence-corrected chi connectivity index (χ2v) is 4.79. The number of carboxylic acid groups (broad SMARTS) is 1. The van der Waals surface area contributed by atoms with E-state index < -0.39 is 10.9 Å². The average molecular weight is 286 g/mol. The SMILES string of the molecule is NC1CCN(c2c(Cl)cc([N+](=O)[O-])cc2C(=O)O)C1. The van der Waals surface area contributed by atoms with E-state index in [1.165, 1.54) is 0 Å². The molecule has 0 aromatic heterocycles. The molecule has 0 bridgehead atoms. The molecule has 0 saturated carbocycles. The Bertz CT molecular complexity index is 549. The third-order valence-electron chi connectivity index (χ3n) is 3.03. The predicted octanol–water partition coefficient (Wildman–Crippen LogP) is 1.48. The van der Waals surface area contributed by atoms with Crippen LogP contribution >= 0.6 is 11.6 Å². The molecule has 1 heterocycles. The van der Waals surface area contributed by atoms with Gasteiger partial charge in [-0.2, -0.15) is 0 Å². The molecule has 0 amide bonds. The highest BCUT2D eigenvalue weighted by atomic mass is 35.5. The molecule has 1 aromatic carbocycles. The first-order chi connectivity index (χ1) is 8.90. The Labute approximate surface area is 113 Å². The van der Waals surface area contributed by atoms with Crippen molar-refractivity contribution in [1.29, 1.82) is 0 Å². The van der Waals surface area contributed by atoms with E-state index in [1.54, 1.807) is 4.90 Å². The molecular weight excluding hydrogens is 274 g/mol. The number of nitrogens with two attached hydrogens (primary N) is 1. The molecule has 0 spiro atoms. The zero-order valence-corrected chi connectivity index (χ0v) is 10.6. The van der Waals surface area contributed by atoms with Gasteiger partial charge in [0.05, 0.1) is 21.2 Å². The van der Waals surface area contributed by atoms with Gasteiger partial charge in [-0.25, -0.2) is 4.79 Å². The van der Waals surface area contributed by atoms with Gasteiger partial charge in [0, 0.05) is 31.3 Å². The van der Waals surface area contributed by atoms with E-state index in [1.807, 2.05) is 0 Å². The van der Waals surface area contributed by atoms with Crippen molar-refractivity contribution in [1.82, 2.24) is 0 Å². The van der Waals surface area contributed by atoms with E-state index >= 15 is 0 Å². The first-order valence-corrected chi connectivity index (χ1v) is 5.99. The first-order valence-electron chi connectivity index (χ1n) is 5.62. The van der Waals surface area contributed by atoms with Crippen molar-refractivity contribution >= 4 is 28.9 Å². The Morgan fingerprint density at radius 2 is 2.26 bits per heavy atom. The Hall–Kier alpha value is -1.86. The lowest BCUT2D eigenvalue weighted by Crippen LogP contribution is -2.27. The molecule has 1 aromatic rings. The van der Waals surface area contributed by atoms with E-state index in [0.29, 0.717) is 18.8 Å². The second-order valence-electron chi connectivity index (χ2n) is 4.38. The van der Waals surface area contributed by atoms with Gasteiger partial charge in [-0.05, 0) is 6.42 Å². The smallest absolute Gasteiger partial charge is 0.338 e. The Morgan fingerprint density at radius 1 is 1.58 bits per heavy atom. The lowest BCUT2D eigenvalue weighted by molar-refractivity contribution is -0.384. The molecule has 1 saturated heterocycles. The number of nitro groups is 1. The summed E-state index contributed by atoms with van der Waals surface area (Å²) in [6, 6.07) is 2.13. The topological polar surface area (TPSA) is 110 Å². The summed E-state index contributed by atoms with van der Waals surface area (Å²) in [5.41, 5.74) is 5.56. The van der Waals surface area contributed by atoms with Crippen LogP contribution in [0.1, 0.15) is 16.8 Å². The van der Waals surface area contributed by atoms with Crippen LogP contribution in [0.3, 0.4) is 0 Å². The monoisotopic (exact) mass is 285 g/mol. The van der Waals surface area contributed by atoms with Crippen LogP contribution in [0.25, 0.3) is 0 Å². The Kier molecular flexibility index (Phi) is 3.59. The Balaban J connectivity index is 2.53. The molecule has 1 unspecified atom stereocenters. The van der Waals surface area contributed by atoms with Gasteiger partial charge in [0.15, 0.2) is 0 Å². The molecular formula is C11H12ClN3O4. The summed E-state index contributed by atoms with van der Waals surface area (Å²) >= 11 is 6.00. The third kappa shape index (κ3) is 2.61. The number of aromatic carboxylic acids is 1. The van der Waals surface area contributed by atoms with E-state index in [4.69, 9.17) is 17.3 Å². The van der Waals surface area contributed by atoms with Crippen LogP contribution in [0, 0.1) is 10.1 Å². The highest BCUT2D eigenvalue weighted by Crippen LogP contribution is 2.35. The van der Waals surface area contributed by atoms with Gasteiger partial charge in [-0.3, -0.25) is 10.1 Å². The highest BCUT2D eigenvalue weighted by Gasteiger charge is 2.28. The van der Waals surface area contributed by atoms with Crippen LogP contribution in [-0.2, 0) is 0 Å². The van der Waals surface area contributed by atoms with Gasteiger partial charge in [0.2, 0.25) is 0 Å². The first kappa shape index (κ1) is 13.6. The molecule has 7 nitrogen and oxygen atoms in total. The minimum absolute atomic E-state index is 0.0482. The summed E-state index contributed by atoms with van der Waals surface area (Å²) in [4.78, 5) is 23.1. The average Bonchev–Trinajstić information content (AvgIpc) is 2.74. The number of nitro benzene ring substituents is 1. The van der Waals surface area contributed by atoms with Crippen LogP contribution < -0.4 is 10.6 Å². The van der Waals surface area contributed by atoms with Gasteiger partial charge < -0.3 is 15.7 Å². The third-order valence-corrected chi connectivity index (χ3v) is 3.32. The van der Waals surface area contributed by atoms with Crippen molar-refractivity contribution in [3.8, 4) is 0 Å². The summed E-state index contributed by atoms with van der Waals surface area (Å²) in [5.74, 6) is -1.25. The van der Waals surface area contributed by atoms with Gasteiger partial charge in [-0.15, -0.1) is 0 Å². The van der Waals surface area contributed by atoms with Crippen LogP contribution in [0.4, 0.5) is 11.4 Å². The lowest BCUT2D eigenvalue weighted by Gasteiger charge is -2.21. The van der Waals surface area contributed by atoms with E-state index in [9.17, 15) is 20.0 Å². The van der Waals surface area contributed by atoms with Gasteiger partial charge in [-0.1, -0.05) is 11.6 Å². The number of hydrogen-bond acceptors (Lipinski definition) is 5. The fraction of sp³-hybridized carbons (Fsp3) is 0.364. The number of carboxylic acids is 1. The number of benzene rings is 1. The number of nitrogens with zero attached hydrogens (tertiary/aromatic N) is 2. The maximum Gasteiger partial charge on any atom is 0.338 e. The zero-order chi connectivity index (χ0) is 14.2. The van der Waals surface area contributed by atoms with Gasteiger partial charge in [0.1, 0.15) is 0 Å². The van der Waals surface area contributed by atoms with Crippen molar-refractivity contribution in [3.63, 3.8) is 0 Å². The number of non-ortho nitro benzene ring substituents is 1. The lowest BCUT2D eigenvalue weighted by atomic mass is 10.1. The molecule has 1 aliphatic heterocycles. The van der Waals surface area contributed by atoms with Crippen LogP contribution in [0.5, 0.6) is 0 Å². The highest BCUT2D eigenvalue weighted by molar-refractivity contribution is 6.34. The van der Waals surface area contributed by atoms with Crippen molar-refractivity contribution in [2.75, 3.05) is 18.0 Å². The van der Waals surface area contributed by atoms with Crippen molar-refractivity contribution in [3.05, 3.63) is 32.8 Å². The summed E-state index contributed by atoms with van der Waals surface area (Å²) in [7, 11) is 0. The minimum Gasteiger partial charge on any atom is -0.478 e. The molecule has 102 valence electrons.